The summed E-state index contributed by atoms with van der Waals surface area (Å²) in [5.74, 6) is 0. The van der Waals surface area contributed by atoms with E-state index in [1.807, 2.05) is 24.3 Å². The van der Waals surface area contributed by atoms with E-state index in [0.29, 0.717) is 58.5 Å². The van der Waals surface area contributed by atoms with Crippen LogP contribution in [0.25, 0.3) is 21.1 Å². The molecule has 0 amide bonds. The average Bonchev–Trinajstić information content (AvgIpc) is 3.39. The molecule has 5 aromatic rings. The number of pyridine rings is 1. The Morgan fingerprint density at radius 2 is 1.90 bits per heavy atom. The Balaban J connectivity index is 1.49. The Bertz CT molecular complexity index is 1890. The van der Waals surface area contributed by atoms with Crippen LogP contribution in [0.4, 0.5) is 20.2 Å². The van der Waals surface area contributed by atoms with Crippen molar-refractivity contribution >= 4 is 43.8 Å². The molecule has 12 heteroatoms. The van der Waals surface area contributed by atoms with E-state index >= 15 is 0 Å². The van der Waals surface area contributed by atoms with Crippen LogP contribution < -0.4 is 10.6 Å². The summed E-state index contributed by atoms with van der Waals surface area (Å²) in [6.07, 6.45) is 1.18. The molecule has 1 aliphatic rings. The van der Waals surface area contributed by atoms with Gasteiger partial charge in [-0.05, 0) is 42.0 Å². The van der Waals surface area contributed by atoms with Crippen LogP contribution in [0, 0.1) is 28.1 Å². The van der Waals surface area contributed by atoms with Gasteiger partial charge < -0.3 is 10.6 Å². The second kappa shape index (κ2) is 10.3. The van der Waals surface area contributed by atoms with Crippen molar-refractivity contribution in [1.82, 2.24) is 25.0 Å². The molecule has 0 spiro atoms. The number of fused-ring (bicyclic) bond motifs is 2. The fourth-order valence-corrected chi connectivity index (χ4v) is 5.85. The van der Waals surface area contributed by atoms with Gasteiger partial charge in [-0.15, -0.1) is 16.4 Å². The number of rotatable bonds is 8. The summed E-state index contributed by atoms with van der Waals surface area (Å²) in [4.78, 5) is 8.88. The summed E-state index contributed by atoms with van der Waals surface area (Å²) in [7, 11) is 0. The predicted molar refractivity (Wildman–Crippen MR) is 157 cm³/mol. The fourth-order valence-electron chi connectivity index (χ4n) is 5.02. The number of nitriles is 2. The van der Waals surface area contributed by atoms with Gasteiger partial charge in [0.05, 0.1) is 50.3 Å². The van der Waals surface area contributed by atoms with Gasteiger partial charge in [0.2, 0.25) is 0 Å². The summed E-state index contributed by atoms with van der Waals surface area (Å²) < 4.78 is 30.0. The molecule has 0 radical (unpaired) electrons. The maximum absolute atomic E-state index is 13.9. The van der Waals surface area contributed by atoms with Gasteiger partial charge in [0.15, 0.2) is 0 Å². The first kappa shape index (κ1) is 27.5. The topological polar surface area (TPSA) is 128 Å². The normalized spacial score (nSPS) is 15.0. The molecule has 2 aromatic carbocycles. The van der Waals surface area contributed by atoms with Gasteiger partial charge >= 0.3 is 0 Å². The summed E-state index contributed by atoms with van der Waals surface area (Å²) in [5.41, 5.74) is 4.79. The van der Waals surface area contributed by atoms with E-state index in [-0.39, 0.29) is 5.41 Å². The molecule has 0 bridgehead atoms. The lowest BCUT2D eigenvalue weighted by Crippen LogP contribution is -2.26. The molecule has 2 N–H and O–H groups in total. The molecule has 3 aromatic heterocycles. The summed E-state index contributed by atoms with van der Waals surface area (Å²) in [6.45, 7) is 6.84. The largest absolute Gasteiger partial charge is 0.383 e. The standard InChI is InChI=1S/C30H27F2N9S/c1-29(2,3)15-36-25-18(12-34)13-35-24-17(11-33)9-19(10-21(24)25)38-26(20-5-4-6-22-27(20)42-16-37-22)23-14-41(40-39-23)30(7-8-30)28(31)32/h4-6,9-10,13-14,16,26,28,38H,7-8,15H2,1-3H3,(H,35,36). The monoisotopic (exact) mass is 583 g/mol. The smallest absolute Gasteiger partial charge is 0.263 e. The zero-order valence-corrected chi connectivity index (χ0v) is 24.0. The Morgan fingerprint density at radius 1 is 1.12 bits per heavy atom. The molecule has 1 fully saturated rings. The highest BCUT2D eigenvalue weighted by Crippen LogP contribution is 2.48. The van der Waals surface area contributed by atoms with Crippen molar-refractivity contribution in [1.29, 1.82) is 10.5 Å². The molecular formula is C30H27F2N9S. The lowest BCUT2D eigenvalue weighted by atomic mass is 9.96. The van der Waals surface area contributed by atoms with Crippen molar-refractivity contribution < 1.29 is 8.78 Å². The molecular weight excluding hydrogens is 556 g/mol. The van der Waals surface area contributed by atoms with Crippen LogP contribution in [0.15, 0.2) is 48.2 Å². The summed E-state index contributed by atoms with van der Waals surface area (Å²) >= 11 is 1.47. The molecule has 1 unspecified atom stereocenters. The van der Waals surface area contributed by atoms with Crippen LogP contribution in [0.5, 0.6) is 0 Å². The molecule has 1 atom stereocenters. The van der Waals surface area contributed by atoms with Gasteiger partial charge in [-0.1, -0.05) is 38.1 Å². The number of nitrogens with zero attached hydrogens (tertiary/aromatic N) is 7. The number of halogens is 2. The number of hydrogen-bond donors (Lipinski definition) is 2. The molecule has 212 valence electrons. The molecule has 3 heterocycles. The maximum Gasteiger partial charge on any atom is 0.263 e. The summed E-state index contributed by atoms with van der Waals surface area (Å²) in [5, 5.41) is 35.9. The van der Waals surface area contributed by atoms with Crippen LogP contribution in [0.3, 0.4) is 0 Å². The van der Waals surface area contributed by atoms with E-state index in [0.717, 1.165) is 15.8 Å². The van der Waals surface area contributed by atoms with Crippen molar-refractivity contribution in [2.24, 2.45) is 5.41 Å². The van der Waals surface area contributed by atoms with Crippen LogP contribution >= 0.6 is 11.3 Å². The van der Waals surface area contributed by atoms with Crippen molar-refractivity contribution in [2.75, 3.05) is 17.2 Å². The Labute approximate surface area is 244 Å². The minimum absolute atomic E-state index is 0.0717. The number of aromatic nitrogens is 5. The van der Waals surface area contributed by atoms with Gasteiger partial charge in [0, 0.05) is 23.8 Å². The van der Waals surface area contributed by atoms with Crippen molar-refractivity contribution in [3.8, 4) is 12.1 Å². The SMILES string of the molecule is CC(C)(C)CNc1c(C#N)cnc2c(C#N)cc(NC(c3cn(C4(C(F)F)CC4)nn3)c3cccc4ncsc34)cc12. The third-order valence-electron chi connectivity index (χ3n) is 7.45. The van der Waals surface area contributed by atoms with Gasteiger partial charge in [0.1, 0.15) is 23.4 Å². The molecule has 1 saturated carbocycles. The molecule has 9 nitrogen and oxygen atoms in total. The number of nitrogens with one attached hydrogen (secondary N) is 2. The number of benzene rings is 2. The first-order chi connectivity index (χ1) is 20.1. The van der Waals surface area contributed by atoms with Gasteiger partial charge in [-0.3, -0.25) is 4.98 Å². The minimum Gasteiger partial charge on any atom is -0.383 e. The van der Waals surface area contributed by atoms with E-state index in [2.05, 4.69) is 63.8 Å². The number of alkyl halides is 2. The third-order valence-corrected chi connectivity index (χ3v) is 8.34. The quantitative estimate of drug-likeness (QED) is 0.209. The second-order valence-electron chi connectivity index (χ2n) is 11.7. The highest BCUT2D eigenvalue weighted by molar-refractivity contribution is 7.17. The third kappa shape index (κ3) is 4.88. The molecule has 0 saturated heterocycles. The van der Waals surface area contributed by atoms with Crippen molar-refractivity contribution in [3.63, 3.8) is 0 Å². The van der Waals surface area contributed by atoms with Gasteiger partial charge in [-0.25, -0.2) is 18.4 Å². The zero-order valence-electron chi connectivity index (χ0n) is 23.2. The Morgan fingerprint density at radius 3 is 2.60 bits per heavy atom. The van der Waals surface area contributed by atoms with Crippen molar-refractivity contribution in [2.45, 2.75) is 51.6 Å². The van der Waals surface area contributed by atoms with E-state index in [4.69, 9.17) is 0 Å². The first-order valence-corrected chi connectivity index (χ1v) is 14.3. The predicted octanol–water partition coefficient (Wildman–Crippen LogP) is 6.59. The Hall–Kier alpha value is -4.68. The maximum atomic E-state index is 13.9. The number of hydrogen-bond acceptors (Lipinski definition) is 9. The van der Waals surface area contributed by atoms with Crippen LogP contribution in [-0.2, 0) is 5.54 Å². The van der Waals surface area contributed by atoms with E-state index in [1.165, 1.54) is 22.2 Å². The first-order valence-electron chi connectivity index (χ1n) is 13.4. The van der Waals surface area contributed by atoms with E-state index in [1.54, 1.807) is 17.8 Å². The van der Waals surface area contributed by atoms with Gasteiger partial charge in [0.25, 0.3) is 6.43 Å². The van der Waals surface area contributed by atoms with E-state index in [9.17, 15) is 19.3 Å². The second-order valence-corrected chi connectivity index (χ2v) is 12.6. The summed E-state index contributed by atoms with van der Waals surface area (Å²) in [6, 6.07) is 13.1. The highest BCUT2D eigenvalue weighted by Gasteiger charge is 2.54. The van der Waals surface area contributed by atoms with Crippen LogP contribution in [-0.4, -0.2) is 37.9 Å². The molecule has 0 aliphatic heterocycles. The Kier molecular flexibility index (Phi) is 6.74. The molecule has 1 aliphatic carbocycles. The fraction of sp³-hybridized carbons (Fsp3) is 0.333. The van der Waals surface area contributed by atoms with Gasteiger partial charge in [-0.2, -0.15) is 10.5 Å². The lowest BCUT2D eigenvalue weighted by molar-refractivity contribution is 0.0593. The number of anilines is 2. The zero-order chi connectivity index (χ0) is 29.6. The average molecular weight is 584 g/mol. The molecule has 42 heavy (non-hydrogen) atoms. The molecule has 6 rings (SSSR count). The lowest BCUT2D eigenvalue weighted by Gasteiger charge is -2.22. The van der Waals surface area contributed by atoms with E-state index < -0.39 is 18.0 Å². The van der Waals surface area contributed by atoms with Crippen LogP contribution in [0.1, 0.15) is 62.0 Å². The number of thiazole rings is 1. The van der Waals surface area contributed by atoms with Crippen LogP contribution in [0.2, 0.25) is 0 Å². The van der Waals surface area contributed by atoms with Crippen molar-refractivity contribution in [3.05, 3.63) is 70.6 Å². The highest BCUT2D eigenvalue weighted by atomic mass is 32.1. The minimum atomic E-state index is -2.55.